The fraction of sp³-hybridized carbons (Fsp3) is 0.611. The van der Waals surface area contributed by atoms with Crippen LogP contribution in [0.4, 0.5) is 4.79 Å². The average molecular weight is 291 g/mol. The van der Waals surface area contributed by atoms with Gasteiger partial charge in [0.05, 0.1) is 0 Å². The number of amides is 1. The molecule has 0 unspecified atom stereocenters. The smallest absolute Gasteiger partial charge is 0.407 e. The highest BCUT2D eigenvalue weighted by Crippen LogP contribution is 2.22. The molecule has 0 atom stereocenters. The van der Waals surface area contributed by atoms with Gasteiger partial charge in [0.25, 0.3) is 0 Å². The number of unbranched alkanes of at least 4 members (excludes halogenated alkanes) is 3. The normalized spacial score (nSPS) is 11.2. The first-order valence-corrected chi connectivity index (χ1v) is 7.92. The van der Waals surface area contributed by atoms with Crippen LogP contribution in [0.5, 0.6) is 0 Å². The summed E-state index contributed by atoms with van der Waals surface area (Å²) in [5, 5.41) is 2.80. The third-order valence-electron chi connectivity index (χ3n) is 3.34. The predicted molar refractivity (Wildman–Crippen MR) is 87.2 cm³/mol. The molecule has 3 nitrogen and oxygen atoms in total. The molecular weight excluding hydrogens is 262 g/mol. The molecule has 0 bridgehead atoms. The minimum atomic E-state index is -0.325. The zero-order valence-electron chi connectivity index (χ0n) is 13.7. The maximum Gasteiger partial charge on any atom is 0.407 e. The summed E-state index contributed by atoms with van der Waals surface area (Å²) in [6, 6.07) is 9.72. The summed E-state index contributed by atoms with van der Waals surface area (Å²) >= 11 is 0. The van der Waals surface area contributed by atoms with Crippen molar-refractivity contribution in [3.05, 3.63) is 35.9 Å². The quantitative estimate of drug-likeness (QED) is 0.691. The lowest BCUT2D eigenvalue weighted by molar-refractivity contribution is 0.139. The number of rotatable bonds is 8. The first kappa shape index (κ1) is 17.5. The maximum absolute atomic E-state index is 11.5. The molecule has 1 aromatic rings. The molecule has 0 aromatic heterocycles. The topological polar surface area (TPSA) is 38.3 Å². The molecule has 1 aromatic carbocycles. The molecule has 0 radical (unpaired) electrons. The Morgan fingerprint density at radius 1 is 1.05 bits per heavy atom. The number of benzene rings is 1. The number of hydrogen-bond acceptors (Lipinski definition) is 2. The molecule has 0 aliphatic heterocycles. The van der Waals surface area contributed by atoms with Crippen molar-refractivity contribution in [1.82, 2.24) is 5.32 Å². The van der Waals surface area contributed by atoms with Gasteiger partial charge in [-0.05, 0) is 23.8 Å². The Hall–Kier alpha value is -1.51. The number of ether oxygens (including phenoxy) is 1. The number of hydrogen-bond donors (Lipinski definition) is 1. The van der Waals surface area contributed by atoms with Gasteiger partial charge in [0.1, 0.15) is 6.61 Å². The molecule has 1 N–H and O–H groups in total. The predicted octanol–water partition coefficient (Wildman–Crippen LogP) is 4.91. The fourth-order valence-corrected chi connectivity index (χ4v) is 2.10. The Morgan fingerprint density at radius 2 is 1.71 bits per heavy atom. The van der Waals surface area contributed by atoms with Crippen LogP contribution >= 0.6 is 0 Å². The van der Waals surface area contributed by atoms with Crippen LogP contribution in [0.15, 0.2) is 30.3 Å². The van der Waals surface area contributed by atoms with Crippen LogP contribution in [0.2, 0.25) is 0 Å². The van der Waals surface area contributed by atoms with Crippen LogP contribution in [-0.4, -0.2) is 12.6 Å². The van der Waals surface area contributed by atoms with E-state index in [1.54, 1.807) is 0 Å². The maximum atomic E-state index is 11.5. The van der Waals surface area contributed by atoms with E-state index in [0.717, 1.165) is 18.4 Å². The average Bonchev–Trinajstić information content (AvgIpc) is 2.44. The monoisotopic (exact) mass is 291 g/mol. The minimum absolute atomic E-state index is 0.325. The molecule has 0 saturated carbocycles. The van der Waals surface area contributed by atoms with Crippen molar-refractivity contribution in [3.63, 3.8) is 0 Å². The van der Waals surface area contributed by atoms with Crippen molar-refractivity contribution in [1.29, 1.82) is 0 Å². The number of carbonyl (C=O) groups excluding carboxylic acids is 1. The van der Waals surface area contributed by atoms with Gasteiger partial charge in [-0.3, -0.25) is 0 Å². The Morgan fingerprint density at radius 3 is 2.38 bits per heavy atom. The number of nitrogens with one attached hydrogen (secondary N) is 1. The van der Waals surface area contributed by atoms with Crippen molar-refractivity contribution in [2.45, 2.75) is 59.5 Å². The highest BCUT2D eigenvalue weighted by atomic mass is 16.5. The van der Waals surface area contributed by atoms with E-state index in [1.165, 1.54) is 19.3 Å². The van der Waals surface area contributed by atoms with Crippen LogP contribution in [-0.2, 0) is 11.3 Å². The molecule has 0 saturated heterocycles. The summed E-state index contributed by atoms with van der Waals surface area (Å²) in [6.07, 6.45) is 5.62. The molecule has 1 amide bonds. The largest absolute Gasteiger partial charge is 0.445 e. The van der Waals surface area contributed by atoms with Crippen molar-refractivity contribution >= 4 is 6.09 Å². The van der Waals surface area contributed by atoms with Crippen LogP contribution in [0, 0.1) is 5.41 Å². The van der Waals surface area contributed by atoms with Gasteiger partial charge < -0.3 is 10.1 Å². The lowest BCUT2D eigenvalue weighted by atomic mass is 9.89. The number of alkyl carbamates (subject to hydrolysis) is 1. The molecule has 0 heterocycles. The first-order valence-electron chi connectivity index (χ1n) is 7.92. The Labute approximate surface area is 129 Å². The second-order valence-electron chi connectivity index (χ2n) is 6.71. The van der Waals surface area contributed by atoms with Crippen LogP contribution in [0.25, 0.3) is 0 Å². The summed E-state index contributed by atoms with van der Waals surface area (Å²) < 4.78 is 5.15. The second-order valence-corrected chi connectivity index (χ2v) is 6.71. The van der Waals surface area contributed by atoms with Gasteiger partial charge in [0.15, 0.2) is 0 Å². The van der Waals surface area contributed by atoms with Crippen molar-refractivity contribution in [2.24, 2.45) is 5.41 Å². The van der Waals surface area contributed by atoms with E-state index >= 15 is 0 Å². The molecule has 0 aliphatic rings. The lowest BCUT2D eigenvalue weighted by Crippen LogP contribution is -2.25. The van der Waals surface area contributed by atoms with Gasteiger partial charge in [0, 0.05) is 6.54 Å². The summed E-state index contributed by atoms with van der Waals surface area (Å²) in [6.45, 7) is 7.85. The highest BCUT2D eigenvalue weighted by Gasteiger charge is 2.08. The van der Waals surface area contributed by atoms with Gasteiger partial charge in [-0.2, -0.15) is 0 Å². The van der Waals surface area contributed by atoms with E-state index in [9.17, 15) is 4.79 Å². The van der Waals surface area contributed by atoms with E-state index in [0.29, 0.717) is 18.6 Å². The van der Waals surface area contributed by atoms with Gasteiger partial charge in [-0.25, -0.2) is 4.79 Å². The molecule has 3 heteroatoms. The van der Waals surface area contributed by atoms with Gasteiger partial charge >= 0.3 is 6.09 Å². The molecule has 0 fully saturated rings. The SMILES string of the molecule is CC(C)(C)CCCCCCNC(=O)OCc1ccccc1. The van der Waals surface area contributed by atoms with Crippen LogP contribution in [0.3, 0.4) is 0 Å². The zero-order valence-corrected chi connectivity index (χ0v) is 13.7. The van der Waals surface area contributed by atoms with E-state index in [1.807, 2.05) is 30.3 Å². The number of carbonyl (C=O) groups is 1. The molecule has 118 valence electrons. The first-order chi connectivity index (χ1) is 9.97. The third-order valence-corrected chi connectivity index (χ3v) is 3.34. The van der Waals surface area contributed by atoms with E-state index in [-0.39, 0.29) is 6.09 Å². The second kappa shape index (κ2) is 9.43. The van der Waals surface area contributed by atoms with Gasteiger partial charge in [-0.15, -0.1) is 0 Å². The van der Waals surface area contributed by atoms with E-state index < -0.39 is 0 Å². The van der Waals surface area contributed by atoms with Crippen LogP contribution in [0.1, 0.15) is 58.4 Å². The Kier molecular flexibility index (Phi) is 7.88. The summed E-state index contributed by atoms with van der Waals surface area (Å²) in [4.78, 5) is 11.5. The summed E-state index contributed by atoms with van der Waals surface area (Å²) in [7, 11) is 0. The minimum Gasteiger partial charge on any atom is -0.445 e. The standard InChI is InChI=1S/C18H29NO2/c1-18(2,3)13-9-4-5-10-14-19-17(20)21-15-16-11-7-6-8-12-16/h6-8,11-12H,4-5,9-10,13-15H2,1-3H3,(H,19,20). The third kappa shape index (κ3) is 9.94. The molecule has 0 spiro atoms. The summed E-state index contributed by atoms with van der Waals surface area (Å²) in [5.74, 6) is 0. The van der Waals surface area contributed by atoms with Crippen molar-refractivity contribution < 1.29 is 9.53 Å². The Balaban J connectivity index is 1.96. The molecule has 0 aliphatic carbocycles. The molecule has 21 heavy (non-hydrogen) atoms. The highest BCUT2D eigenvalue weighted by molar-refractivity contribution is 5.67. The molecule has 1 rings (SSSR count). The van der Waals surface area contributed by atoms with Crippen LogP contribution < -0.4 is 5.32 Å². The molecular formula is C18H29NO2. The van der Waals surface area contributed by atoms with Crippen molar-refractivity contribution in [2.75, 3.05) is 6.54 Å². The van der Waals surface area contributed by atoms with E-state index in [4.69, 9.17) is 4.74 Å². The Bertz CT molecular complexity index is 395. The van der Waals surface area contributed by atoms with Gasteiger partial charge in [-0.1, -0.05) is 70.4 Å². The fourth-order valence-electron chi connectivity index (χ4n) is 2.10. The van der Waals surface area contributed by atoms with Gasteiger partial charge in [0.2, 0.25) is 0 Å². The van der Waals surface area contributed by atoms with E-state index in [2.05, 4.69) is 26.1 Å². The summed E-state index contributed by atoms with van der Waals surface area (Å²) in [5.41, 5.74) is 1.44. The van der Waals surface area contributed by atoms with Crippen molar-refractivity contribution in [3.8, 4) is 0 Å². The lowest BCUT2D eigenvalue weighted by Gasteiger charge is -2.17. The zero-order chi connectivity index (χ0) is 15.6.